The first-order valence-corrected chi connectivity index (χ1v) is 7.60. The lowest BCUT2D eigenvalue weighted by Crippen LogP contribution is -2.40. The number of carbonyl (C=O) groups is 1. The van der Waals surface area contributed by atoms with Gasteiger partial charge in [-0.2, -0.15) is 0 Å². The summed E-state index contributed by atoms with van der Waals surface area (Å²) in [7, 11) is 1.59. The van der Waals surface area contributed by atoms with E-state index in [1.54, 1.807) is 24.1 Å². The van der Waals surface area contributed by atoms with Crippen molar-refractivity contribution in [3.63, 3.8) is 0 Å². The van der Waals surface area contributed by atoms with E-state index >= 15 is 0 Å². The molecule has 0 atom stereocenters. The molecule has 1 aliphatic rings. The summed E-state index contributed by atoms with van der Waals surface area (Å²) in [6.45, 7) is 0.504. The monoisotopic (exact) mass is 336 g/mol. The number of nitrogens with one attached hydrogen (secondary N) is 1. The number of anilines is 1. The number of halogens is 2. The predicted octanol–water partition coefficient (Wildman–Crippen LogP) is 4.49. The van der Waals surface area contributed by atoms with Gasteiger partial charge in [-0.1, -0.05) is 41.4 Å². The van der Waals surface area contributed by atoms with Crippen LogP contribution in [0.5, 0.6) is 11.5 Å². The number of carbonyl (C=O) groups excluding carboxylic acids is 1. The van der Waals surface area contributed by atoms with Gasteiger partial charge in [-0.15, -0.1) is 0 Å². The van der Waals surface area contributed by atoms with Crippen LogP contribution in [0.4, 0.5) is 10.5 Å². The van der Waals surface area contributed by atoms with E-state index in [9.17, 15) is 4.79 Å². The van der Waals surface area contributed by atoms with Gasteiger partial charge in [0.1, 0.15) is 5.75 Å². The van der Waals surface area contributed by atoms with Gasteiger partial charge in [0.05, 0.1) is 10.7 Å². The van der Waals surface area contributed by atoms with Gasteiger partial charge in [0.25, 0.3) is 0 Å². The number of para-hydroxylation sites is 1. The predicted molar refractivity (Wildman–Crippen MR) is 88.5 cm³/mol. The van der Waals surface area contributed by atoms with Crippen LogP contribution >= 0.6 is 23.2 Å². The highest BCUT2D eigenvalue weighted by Crippen LogP contribution is 2.43. The van der Waals surface area contributed by atoms with Crippen molar-refractivity contribution in [3.8, 4) is 11.5 Å². The second kappa shape index (κ2) is 6.07. The number of hydrogen-bond donors (Lipinski definition) is 1. The Morgan fingerprint density at radius 3 is 2.82 bits per heavy atom. The number of urea groups is 1. The lowest BCUT2D eigenvalue weighted by Gasteiger charge is -2.28. The third-order valence-corrected chi connectivity index (χ3v) is 4.03. The number of rotatable bonds is 0. The first kappa shape index (κ1) is 15.0. The SMILES string of the molecule is CNC(=O)N1CCc2ccccc2Oc2c(Cl)cc(Cl)cc21. The summed E-state index contributed by atoms with van der Waals surface area (Å²) in [4.78, 5) is 13.8. The van der Waals surface area contributed by atoms with Crippen molar-refractivity contribution in [1.29, 1.82) is 0 Å². The fourth-order valence-electron chi connectivity index (χ4n) is 2.47. The van der Waals surface area contributed by atoms with E-state index in [1.165, 1.54) is 0 Å². The number of benzene rings is 2. The van der Waals surface area contributed by atoms with Crippen LogP contribution in [0.2, 0.25) is 10.0 Å². The first-order chi connectivity index (χ1) is 10.6. The van der Waals surface area contributed by atoms with E-state index in [-0.39, 0.29) is 6.03 Å². The lowest BCUT2D eigenvalue weighted by molar-refractivity contribution is 0.248. The Morgan fingerprint density at radius 1 is 1.27 bits per heavy atom. The fraction of sp³-hybridized carbons (Fsp3) is 0.188. The normalized spacial score (nSPS) is 13.3. The van der Waals surface area contributed by atoms with Crippen molar-refractivity contribution in [1.82, 2.24) is 5.32 Å². The average molecular weight is 337 g/mol. The Kier molecular flexibility index (Phi) is 4.14. The van der Waals surface area contributed by atoms with Crippen LogP contribution in [-0.4, -0.2) is 19.6 Å². The summed E-state index contributed by atoms with van der Waals surface area (Å²) in [5.41, 5.74) is 1.58. The van der Waals surface area contributed by atoms with E-state index in [2.05, 4.69) is 5.32 Å². The van der Waals surface area contributed by atoms with Crippen LogP contribution in [0.1, 0.15) is 5.56 Å². The molecule has 0 saturated heterocycles. The van der Waals surface area contributed by atoms with Crippen molar-refractivity contribution in [2.45, 2.75) is 6.42 Å². The van der Waals surface area contributed by atoms with E-state index in [0.717, 1.165) is 11.3 Å². The van der Waals surface area contributed by atoms with Crippen molar-refractivity contribution < 1.29 is 9.53 Å². The molecular formula is C16H14Cl2N2O2. The van der Waals surface area contributed by atoms with Crippen LogP contribution < -0.4 is 15.0 Å². The molecule has 2 aromatic carbocycles. The molecule has 114 valence electrons. The van der Waals surface area contributed by atoms with Gasteiger partial charge in [-0.25, -0.2) is 4.79 Å². The molecule has 0 saturated carbocycles. The molecule has 0 fully saturated rings. The average Bonchev–Trinajstić information content (AvgIpc) is 2.49. The highest BCUT2D eigenvalue weighted by Gasteiger charge is 2.25. The maximum absolute atomic E-state index is 12.2. The van der Waals surface area contributed by atoms with Crippen LogP contribution in [0.25, 0.3) is 0 Å². The third kappa shape index (κ3) is 2.72. The molecule has 1 N–H and O–H groups in total. The smallest absolute Gasteiger partial charge is 0.321 e. The van der Waals surface area contributed by atoms with Crippen molar-refractivity contribution in [2.24, 2.45) is 0 Å². The molecule has 0 unspecified atom stereocenters. The minimum atomic E-state index is -0.234. The molecule has 22 heavy (non-hydrogen) atoms. The summed E-state index contributed by atoms with van der Waals surface area (Å²) in [6.07, 6.45) is 0.674. The van der Waals surface area contributed by atoms with Crippen LogP contribution in [0.3, 0.4) is 0 Å². The number of amides is 2. The molecule has 0 spiro atoms. The molecule has 0 bridgehead atoms. The molecule has 2 amide bonds. The molecular weight excluding hydrogens is 323 g/mol. The van der Waals surface area contributed by atoms with Gasteiger partial charge in [-0.05, 0) is 30.2 Å². The first-order valence-electron chi connectivity index (χ1n) is 6.84. The standard InChI is InChI=1S/C16H14Cl2N2O2/c1-19-16(21)20-7-6-10-4-2-3-5-14(10)22-15-12(18)8-11(17)9-13(15)20/h2-5,8-9H,6-7H2,1H3,(H,19,21). The fourth-order valence-corrected chi connectivity index (χ4v) is 2.99. The maximum Gasteiger partial charge on any atom is 0.321 e. The Hall–Kier alpha value is -1.91. The lowest BCUT2D eigenvalue weighted by atomic mass is 10.1. The van der Waals surface area contributed by atoms with Gasteiger partial charge < -0.3 is 10.1 Å². The largest absolute Gasteiger partial charge is 0.453 e. The number of fused-ring (bicyclic) bond motifs is 2. The summed E-state index contributed by atoms with van der Waals surface area (Å²) < 4.78 is 5.98. The van der Waals surface area contributed by atoms with Gasteiger partial charge in [-0.3, -0.25) is 4.90 Å². The number of ether oxygens (including phenoxy) is 1. The zero-order valence-electron chi connectivity index (χ0n) is 11.9. The van der Waals surface area contributed by atoms with Gasteiger partial charge in [0.2, 0.25) is 0 Å². The van der Waals surface area contributed by atoms with Gasteiger partial charge in [0.15, 0.2) is 5.75 Å². The van der Waals surface area contributed by atoms with Crippen LogP contribution in [0, 0.1) is 0 Å². The maximum atomic E-state index is 12.2. The van der Waals surface area contributed by atoms with Crippen molar-refractivity contribution in [2.75, 3.05) is 18.5 Å². The summed E-state index contributed by atoms with van der Waals surface area (Å²) >= 11 is 12.4. The molecule has 6 heteroatoms. The molecule has 3 rings (SSSR count). The second-order valence-electron chi connectivity index (χ2n) is 4.90. The minimum absolute atomic E-state index is 0.234. The summed E-state index contributed by atoms with van der Waals surface area (Å²) in [6, 6.07) is 10.8. The summed E-state index contributed by atoms with van der Waals surface area (Å²) in [5.74, 6) is 1.17. The summed E-state index contributed by atoms with van der Waals surface area (Å²) in [5, 5.41) is 3.45. The van der Waals surface area contributed by atoms with E-state index in [4.69, 9.17) is 27.9 Å². The van der Waals surface area contributed by atoms with Crippen LogP contribution in [-0.2, 0) is 6.42 Å². The zero-order valence-corrected chi connectivity index (χ0v) is 13.4. The minimum Gasteiger partial charge on any atom is -0.453 e. The van der Waals surface area contributed by atoms with E-state index < -0.39 is 0 Å². The highest BCUT2D eigenvalue weighted by molar-refractivity contribution is 6.36. The van der Waals surface area contributed by atoms with E-state index in [1.807, 2.05) is 24.3 Å². The highest BCUT2D eigenvalue weighted by atomic mass is 35.5. The second-order valence-corrected chi connectivity index (χ2v) is 5.75. The van der Waals surface area contributed by atoms with Crippen molar-refractivity contribution in [3.05, 3.63) is 52.0 Å². The zero-order chi connectivity index (χ0) is 15.7. The molecule has 0 aromatic heterocycles. The van der Waals surface area contributed by atoms with E-state index in [0.29, 0.717) is 34.4 Å². The molecule has 1 aliphatic heterocycles. The Morgan fingerprint density at radius 2 is 2.05 bits per heavy atom. The third-order valence-electron chi connectivity index (χ3n) is 3.53. The molecule has 0 aliphatic carbocycles. The van der Waals surface area contributed by atoms with Crippen LogP contribution in [0.15, 0.2) is 36.4 Å². The Balaban J connectivity index is 2.17. The molecule has 2 aromatic rings. The molecule has 0 radical (unpaired) electrons. The molecule has 4 nitrogen and oxygen atoms in total. The number of hydrogen-bond acceptors (Lipinski definition) is 2. The topological polar surface area (TPSA) is 41.6 Å². The quantitative estimate of drug-likeness (QED) is 0.770. The number of nitrogens with zero attached hydrogens (tertiary/aromatic N) is 1. The van der Waals surface area contributed by atoms with Crippen molar-refractivity contribution >= 4 is 34.9 Å². The van der Waals surface area contributed by atoms with Gasteiger partial charge >= 0.3 is 6.03 Å². The Bertz CT molecular complexity index is 734. The van der Waals surface area contributed by atoms with Gasteiger partial charge in [0, 0.05) is 18.6 Å². The Labute approximate surface area is 138 Å². The molecule has 1 heterocycles.